The summed E-state index contributed by atoms with van der Waals surface area (Å²) in [6.07, 6.45) is -11.3. The summed E-state index contributed by atoms with van der Waals surface area (Å²) < 4.78 is 121. The largest absolute Gasteiger partial charge is 1.00 e. The van der Waals surface area contributed by atoms with E-state index in [1.54, 1.807) is 44.7 Å². The first-order chi connectivity index (χ1) is 46.6. The molecule has 6 radical (unpaired) electrons. The molecular formula is C73H98B5F9N7NaO9. The Balaban J connectivity index is 0.00000138. The second-order valence-corrected chi connectivity index (χ2v) is 24.7. The van der Waals surface area contributed by atoms with Gasteiger partial charge in [0.25, 0.3) is 0 Å². The molecule has 3 heterocycles. The minimum atomic E-state index is -4.43. The van der Waals surface area contributed by atoms with Crippen LogP contribution in [-0.4, -0.2) is 177 Å². The van der Waals surface area contributed by atoms with Gasteiger partial charge in [-0.05, 0) is 124 Å². The minimum absolute atomic E-state index is 0. The van der Waals surface area contributed by atoms with E-state index in [4.69, 9.17) is 0 Å². The van der Waals surface area contributed by atoms with Gasteiger partial charge in [0.15, 0.2) is 0 Å². The first-order valence-corrected chi connectivity index (χ1v) is 32.4. The molecule has 0 spiro atoms. The Hall–Kier alpha value is -6.45. The average Bonchev–Trinajstić information content (AvgIpc) is 0.803. The van der Waals surface area contributed by atoms with E-state index < -0.39 is 79.8 Å². The number of halogens is 9. The number of carbonyl (C=O) groups is 3. The van der Waals surface area contributed by atoms with Crippen LogP contribution in [0.4, 0.5) is 39.5 Å². The summed E-state index contributed by atoms with van der Waals surface area (Å²) in [5, 5.41) is 40.1. The molecule has 3 N–H and O–H groups in total. The zero-order valence-corrected chi connectivity index (χ0v) is 60.7. The van der Waals surface area contributed by atoms with Crippen molar-refractivity contribution in [2.24, 2.45) is 0 Å². The van der Waals surface area contributed by atoms with Gasteiger partial charge in [0.05, 0.1) is 22.8 Å². The first kappa shape index (κ1) is 97.6. The number of rotatable bonds is 15. The number of carbonyl (C=O) groups excluding carboxylic acids is 3. The Labute approximate surface area is 635 Å². The number of piperazine rings is 3. The van der Waals surface area contributed by atoms with E-state index in [0.717, 1.165) is 106 Å². The Morgan fingerprint density at radius 2 is 0.760 bits per heavy atom. The Morgan fingerprint density at radius 1 is 0.481 bits per heavy atom. The standard InChI is InChI=1S/C22H25BF3N3O.2C21H26BF3N2O.C4H6O4.C2H3BO2.3CH4.B.Na/c1-17-15-28(23(2)30)12-13-29(17)21(16-27,14-18-6-4-3-5-7-18)19-8-10-20(11-9-19)22(24,25)26;2*1-16-15-26(22(2)28)12-13-27(16)20(14-17-6-4-3-5-7-17)18-8-10-19(11-9-18)21(23,24)25;1-3(5)7-8-4(2)6;1-2(4)5-3;;;;;/h3-11,17,30H,12-15H2,1-2H3;2*3-11,16,20,28H,12-15H2,1-2H3;1-2H3;1H3;3*1H4;;/q;;;;-1;;;;;+1/t17-,21?;16-,20+;16-,20-;;;;;;;/m000......./s1. The molecule has 0 aliphatic carbocycles. The molecule has 1 unspecified atom stereocenters. The predicted molar refractivity (Wildman–Crippen MR) is 389 cm³/mol. The molecule has 0 bridgehead atoms. The normalized spacial score (nSPS) is 17.6. The third-order valence-corrected chi connectivity index (χ3v) is 17.4. The van der Waals surface area contributed by atoms with Gasteiger partial charge in [-0.1, -0.05) is 150 Å². The van der Waals surface area contributed by atoms with Crippen LogP contribution in [0, 0.1) is 11.3 Å². The molecule has 6 aromatic rings. The molecule has 558 valence electrons. The Kier molecular flexibility index (Phi) is 43.1. The Morgan fingerprint density at radius 3 is 1.02 bits per heavy atom. The predicted octanol–water partition coefficient (Wildman–Crippen LogP) is 10.2. The van der Waals surface area contributed by atoms with E-state index in [-0.39, 0.29) is 90.5 Å². The van der Waals surface area contributed by atoms with Gasteiger partial charge in [-0.25, -0.2) is 19.4 Å². The number of hydrogen-bond donors (Lipinski definition) is 3. The molecule has 3 saturated heterocycles. The van der Waals surface area contributed by atoms with Crippen molar-refractivity contribution in [2.75, 3.05) is 58.9 Å². The number of benzene rings is 6. The Bertz CT molecular complexity index is 3310. The number of nitriles is 1. The topological polar surface area (TPSA) is 183 Å². The summed E-state index contributed by atoms with van der Waals surface area (Å²) in [4.78, 5) is 49.5. The van der Waals surface area contributed by atoms with E-state index >= 15 is 0 Å². The van der Waals surface area contributed by atoms with Crippen molar-refractivity contribution in [3.63, 3.8) is 0 Å². The van der Waals surface area contributed by atoms with Gasteiger partial charge in [0.2, 0.25) is 5.97 Å². The summed E-state index contributed by atoms with van der Waals surface area (Å²) in [6, 6.07) is 48.3. The van der Waals surface area contributed by atoms with E-state index in [9.17, 15) is 74.2 Å². The third-order valence-electron chi connectivity index (χ3n) is 17.4. The van der Waals surface area contributed by atoms with Gasteiger partial charge in [-0.15, -0.1) is 0 Å². The molecule has 9 rings (SSSR count). The van der Waals surface area contributed by atoms with Gasteiger partial charge >= 0.3 is 81.2 Å². The molecule has 0 aromatic heterocycles. The summed E-state index contributed by atoms with van der Waals surface area (Å²) >= 11 is 0. The van der Waals surface area contributed by atoms with Crippen LogP contribution in [0.15, 0.2) is 164 Å². The van der Waals surface area contributed by atoms with E-state index in [1.165, 1.54) is 43.3 Å². The average molecular weight is 1470 g/mol. The second kappa shape index (κ2) is 45.9. The van der Waals surface area contributed by atoms with Crippen LogP contribution in [0.2, 0.25) is 20.5 Å². The number of alkyl halides is 9. The molecule has 3 aliphatic heterocycles. The maximum atomic E-state index is 13.1. The molecule has 0 saturated carbocycles. The fraction of sp³-hybridized carbons (Fsp3) is 0.452. The van der Waals surface area contributed by atoms with Gasteiger partial charge in [-0.2, -0.15) is 44.8 Å². The van der Waals surface area contributed by atoms with Crippen molar-refractivity contribution >= 4 is 55.5 Å². The van der Waals surface area contributed by atoms with Crippen molar-refractivity contribution in [1.29, 1.82) is 5.26 Å². The van der Waals surface area contributed by atoms with Gasteiger partial charge < -0.3 is 42.2 Å². The summed E-state index contributed by atoms with van der Waals surface area (Å²) in [5.74, 6) is -1.74. The third kappa shape index (κ3) is 30.4. The molecule has 3 aliphatic rings. The SMILES string of the molecule is C.C.C.CB(O)N1CCN(C(C#N)(Cc2ccccc2)c2ccc(C(F)(F)F)cc2)[C@@H](C)C1.CB(O)N1CCN([C@@H](Cc2ccccc2)c2ccc(C(F)(F)F)cc2)[C@@H](C)C1.CB(O)N1CCN([C@H](Cc2ccccc2)c2ccc(C(F)(F)F)cc2)[C@@H](C)C1.CC(=O)OOC(C)=O.[B-]OC(C)=O.[B].[Na+]. The van der Waals surface area contributed by atoms with Crippen LogP contribution in [-0.2, 0) is 72.1 Å². The summed E-state index contributed by atoms with van der Waals surface area (Å²) in [5.41, 5.74) is 2.45. The molecule has 3 fully saturated rings. The van der Waals surface area contributed by atoms with Gasteiger partial charge in [0.1, 0.15) is 5.54 Å². The van der Waals surface area contributed by atoms with Gasteiger partial charge in [-0.3, -0.25) is 19.5 Å². The van der Waals surface area contributed by atoms with Crippen molar-refractivity contribution in [3.05, 3.63) is 214 Å². The van der Waals surface area contributed by atoms with Crippen LogP contribution in [0.25, 0.3) is 0 Å². The van der Waals surface area contributed by atoms with Crippen molar-refractivity contribution in [1.82, 2.24) is 29.1 Å². The van der Waals surface area contributed by atoms with Gasteiger partial charge in [0, 0.05) is 125 Å². The smallest absolute Gasteiger partial charge is 0.793 e. The van der Waals surface area contributed by atoms with Crippen LogP contribution in [0.5, 0.6) is 0 Å². The summed E-state index contributed by atoms with van der Waals surface area (Å²) in [6.45, 7) is 21.0. The molecule has 6 aromatic carbocycles. The van der Waals surface area contributed by atoms with Crippen molar-refractivity contribution in [3.8, 4) is 6.07 Å². The van der Waals surface area contributed by atoms with E-state index in [1.807, 2.05) is 112 Å². The molecule has 6 atom stereocenters. The molecule has 16 nitrogen and oxygen atoms in total. The number of nitrogens with zero attached hydrogens (tertiary/aromatic N) is 7. The van der Waals surface area contributed by atoms with Crippen LogP contribution >= 0.6 is 0 Å². The minimum Gasteiger partial charge on any atom is -0.793 e. The van der Waals surface area contributed by atoms with Crippen LogP contribution in [0.3, 0.4) is 0 Å². The second-order valence-electron chi connectivity index (χ2n) is 24.7. The maximum absolute atomic E-state index is 13.1. The van der Waals surface area contributed by atoms with Crippen molar-refractivity contribution < 1.29 is 113 Å². The zero-order valence-electron chi connectivity index (χ0n) is 58.7. The number of hydrogen-bond acceptors (Lipinski definition) is 16. The quantitative estimate of drug-likeness (QED) is 0.0382. The van der Waals surface area contributed by atoms with Crippen LogP contribution < -0.4 is 29.6 Å². The fourth-order valence-corrected chi connectivity index (χ4v) is 12.3. The zero-order chi connectivity index (χ0) is 73.4. The molecule has 31 heteroatoms. The molecule has 104 heavy (non-hydrogen) atoms. The first-order valence-electron chi connectivity index (χ1n) is 32.4. The fourth-order valence-electron chi connectivity index (χ4n) is 12.3. The monoisotopic (exact) mass is 1470 g/mol. The van der Waals surface area contributed by atoms with Crippen LogP contribution in [0.1, 0.15) is 126 Å². The van der Waals surface area contributed by atoms with E-state index in [2.05, 4.69) is 57.1 Å². The molecule has 0 amide bonds. The van der Waals surface area contributed by atoms with Crippen molar-refractivity contribution in [2.45, 2.75) is 158 Å². The summed E-state index contributed by atoms with van der Waals surface area (Å²) in [7, 11) is 2.74. The maximum Gasteiger partial charge on any atom is 1.00 e. The molecular weight excluding hydrogens is 1370 g/mol. The van der Waals surface area contributed by atoms with E-state index in [0.29, 0.717) is 31.6 Å².